The maximum atomic E-state index is 13.9. The van der Waals surface area contributed by atoms with Crippen LogP contribution in [0.1, 0.15) is 33.6 Å². The molecular formula is C24H22FN3O3. The van der Waals surface area contributed by atoms with Crippen LogP contribution in [0.2, 0.25) is 0 Å². The molecule has 1 amide bonds. The van der Waals surface area contributed by atoms with Crippen molar-refractivity contribution in [2.75, 3.05) is 23.3 Å². The number of carbonyl (C=O) groups is 2. The van der Waals surface area contributed by atoms with Crippen molar-refractivity contribution in [3.05, 3.63) is 90.0 Å². The van der Waals surface area contributed by atoms with Crippen molar-refractivity contribution in [3.8, 4) is 0 Å². The van der Waals surface area contributed by atoms with Gasteiger partial charge in [-0.2, -0.15) is 0 Å². The zero-order chi connectivity index (χ0) is 21.6. The third kappa shape index (κ3) is 5.06. The Bertz CT molecular complexity index is 1050. The molecule has 0 unspecified atom stereocenters. The summed E-state index contributed by atoms with van der Waals surface area (Å²) in [7, 11) is 0. The van der Waals surface area contributed by atoms with Crippen LogP contribution in [-0.4, -0.2) is 36.1 Å². The van der Waals surface area contributed by atoms with Crippen LogP contribution < -0.4 is 10.2 Å². The lowest BCUT2D eigenvalue weighted by molar-refractivity contribution is 0.0245. The van der Waals surface area contributed by atoms with Crippen LogP contribution in [0.5, 0.6) is 0 Å². The highest BCUT2D eigenvalue weighted by Crippen LogP contribution is 2.30. The minimum atomic E-state index is -0.430. The van der Waals surface area contributed by atoms with E-state index in [2.05, 4.69) is 15.2 Å². The summed E-state index contributed by atoms with van der Waals surface area (Å²) >= 11 is 0. The number of halogens is 1. The summed E-state index contributed by atoms with van der Waals surface area (Å²) in [5.74, 6) is -1.09. The van der Waals surface area contributed by atoms with Crippen LogP contribution in [0.3, 0.4) is 0 Å². The largest absolute Gasteiger partial charge is 0.459 e. The minimum absolute atomic E-state index is 0.181. The molecule has 1 aliphatic rings. The van der Waals surface area contributed by atoms with E-state index in [-0.39, 0.29) is 18.0 Å². The summed E-state index contributed by atoms with van der Waals surface area (Å²) in [5, 5.41) is 2.80. The zero-order valence-electron chi connectivity index (χ0n) is 16.8. The van der Waals surface area contributed by atoms with E-state index in [4.69, 9.17) is 4.74 Å². The lowest BCUT2D eigenvalue weighted by atomic mass is 10.1. The van der Waals surface area contributed by atoms with Crippen molar-refractivity contribution in [1.82, 2.24) is 4.98 Å². The van der Waals surface area contributed by atoms with Gasteiger partial charge in [-0.1, -0.05) is 18.2 Å². The number of ether oxygens (including phenoxy) is 1. The van der Waals surface area contributed by atoms with E-state index < -0.39 is 5.82 Å². The number of nitrogens with zero attached hydrogens (tertiary/aromatic N) is 2. The van der Waals surface area contributed by atoms with Crippen LogP contribution in [-0.2, 0) is 4.74 Å². The number of esters is 1. The SMILES string of the molecule is O=C(Nc1cc(F)ccc1N1CCC(OC(=O)c2ccccc2)CC1)c1ccncc1. The fraction of sp³-hybridized carbons (Fsp3) is 0.208. The fourth-order valence-electron chi connectivity index (χ4n) is 3.59. The molecule has 1 fully saturated rings. The first kappa shape index (κ1) is 20.5. The second kappa shape index (κ2) is 9.38. The van der Waals surface area contributed by atoms with Crippen LogP contribution in [0.4, 0.5) is 15.8 Å². The Balaban J connectivity index is 1.41. The van der Waals surface area contributed by atoms with Gasteiger partial charge in [-0.25, -0.2) is 9.18 Å². The molecule has 1 aliphatic heterocycles. The number of nitrogens with one attached hydrogen (secondary N) is 1. The fourth-order valence-corrected chi connectivity index (χ4v) is 3.59. The smallest absolute Gasteiger partial charge is 0.338 e. The molecule has 0 atom stereocenters. The van der Waals surface area contributed by atoms with Gasteiger partial charge in [0.2, 0.25) is 0 Å². The van der Waals surface area contributed by atoms with E-state index in [0.29, 0.717) is 42.7 Å². The van der Waals surface area contributed by atoms with Crippen molar-refractivity contribution in [1.29, 1.82) is 0 Å². The van der Waals surface area contributed by atoms with E-state index in [9.17, 15) is 14.0 Å². The molecule has 2 heterocycles. The summed E-state index contributed by atoms with van der Waals surface area (Å²) in [4.78, 5) is 30.8. The first-order valence-corrected chi connectivity index (χ1v) is 10.1. The lowest BCUT2D eigenvalue weighted by Gasteiger charge is -2.34. The van der Waals surface area contributed by atoms with E-state index in [1.165, 1.54) is 24.5 Å². The summed E-state index contributed by atoms with van der Waals surface area (Å²) < 4.78 is 19.5. The van der Waals surface area contributed by atoms with Crippen molar-refractivity contribution in [2.45, 2.75) is 18.9 Å². The summed E-state index contributed by atoms with van der Waals surface area (Å²) in [5.41, 5.74) is 2.11. The van der Waals surface area contributed by atoms with E-state index in [1.54, 1.807) is 42.5 Å². The Morgan fingerprint density at radius 1 is 0.968 bits per heavy atom. The highest BCUT2D eigenvalue weighted by Gasteiger charge is 2.25. The number of piperidine rings is 1. The van der Waals surface area contributed by atoms with Crippen LogP contribution in [0.15, 0.2) is 73.1 Å². The molecule has 0 saturated carbocycles. The molecule has 0 bridgehead atoms. The van der Waals surface area contributed by atoms with Gasteiger partial charge in [0.1, 0.15) is 11.9 Å². The lowest BCUT2D eigenvalue weighted by Crippen LogP contribution is -2.38. The van der Waals surface area contributed by atoms with Gasteiger partial charge in [0.25, 0.3) is 5.91 Å². The molecule has 1 saturated heterocycles. The maximum absolute atomic E-state index is 13.9. The van der Waals surface area contributed by atoms with Gasteiger partial charge >= 0.3 is 5.97 Å². The van der Waals surface area contributed by atoms with Gasteiger partial charge in [-0.05, 0) is 42.5 Å². The number of carbonyl (C=O) groups excluding carboxylic acids is 2. The highest BCUT2D eigenvalue weighted by atomic mass is 19.1. The second-order valence-corrected chi connectivity index (χ2v) is 7.31. The molecule has 1 aromatic heterocycles. The van der Waals surface area contributed by atoms with Crippen molar-refractivity contribution >= 4 is 23.3 Å². The van der Waals surface area contributed by atoms with Gasteiger partial charge in [-0.15, -0.1) is 0 Å². The van der Waals surface area contributed by atoms with Crippen LogP contribution in [0, 0.1) is 5.82 Å². The predicted octanol–water partition coefficient (Wildman–Crippen LogP) is 4.30. The predicted molar refractivity (Wildman–Crippen MR) is 116 cm³/mol. The number of hydrogen-bond donors (Lipinski definition) is 1. The average Bonchev–Trinajstić information content (AvgIpc) is 2.81. The molecule has 4 rings (SSSR count). The standard InChI is InChI=1S/C24H22FN3O3/c25-19-6-7-22(21(16-19)27-23(29)17-8-12-26-13-9-17)28-14-10-20(11-15-28)31-24(30)18-4-2-1-3-5-18/h1-9,12-13,16,20H,10-11,14-15H2,(H,27,29). The third-order valence-electron chi connectivity index (χ3n) is 5.22. The Morgan fingerprint density at radius 2 is 1.68 bits per heavy atom. The van der Waals surface area contributed by atoms with Gasteiger partial charge in [0.05, 0.1) is 16.9 Å². The summed E-state index contributed by atoms with van der Waals surface area (Å²) in [6.45, 7) is 1.24. The molecule has 158 valence electrons. The molecule has 0 spiro atoms. The Hall–Kier alpha value is -3.74. The number of pyridine rings is 1. The Kier molecular flexibility index (Phi) is 6.21. The molecule has 0 radical (unpaired) electrons. The molecule has 3 aromatic rings. The quantitative estimate of drug-likeness (QED) is 0.625. The van der Waals surface area contributed by atoms with Crippen LogP contribution >= 0.6 is 0 Å². The Labute approximate surface area is 179 Å². The second-order valence-electron chi connectivity index (χ2n) is 7.31. The number of aromatic nitrogens is 1. The average molecular weight is 419 g/mol. The molecule has 7 heteroatoms. The monoisotopic (exact) mass is 419 g/mol. The van der Waals surface area contributed by atoms with E-state index in [1.807, 2.05) is 6.07 Å². The maximum Gasteiger partial charge on any atom is 0.338 e. The van der Waals surface area contributed by atoms with Crippen molar-refractivity contribution < 1.29 is 18.7 Å². The molecule has 2 aromatic carbocycles. The number of rotatable bonds is 5. The molecule has 0 aliphatic carbocycles. The van der Waals surface area contributed by atoms with Gasteiger partial charge in [-0.3, -0.25) is 9.78 Å². The zero-order valence-corrected chi connectivity index (χ0v) is 16.8. The highest BCUT2D eigenvalue weighted by molar-refractivity contribution is 6.05. The number of anilines is 2. The first-order valence-electron chi connectivity index (χ1n) is 10.1. The number of amides is 1. The Morgan fingerprint density at radius 3 is 2.39 bits per heavy atom. The summed E-state index contributed by atoms with van der Waals surface area (Å²) in [6, 6.07) is 16.5. The number of hydrogen-bond acceptors (Lipinski definition) is 5. The topological polar surface area (TPSA) is 71.5 Å². The minimum Gasteiger partial charge on any atom is -0.459 e. The first-order chi connectivity index (χ1) is 15.1. The van der Waals surface area contributed by atoms with E-state index in [0.717, 1.165) is 5.69 Å². The van der Waals surface area contributed by atoms with Crippen LogP contribution in [0.25, 0.3) is 0 Å². The molecular weight excluding hydrogens is 397 g/mol. The number of benzene rings is 2. The van der Waals surface area contributed by atoms with Crippen molar-refractivity contribution in [2.24, 2.45) is 0 Å². The molecule has 1 N–H and O–H groups in total. The van der Waals surface area contributed by atoms with Gasteiger partial charge < -0.3 is 15.0 Å². The molecule has 31 heavy (non-hydrogen) atoms. The molecule has 6 nitrogen and oxygen atoms in total. The third-order valence-corrected chi connectivity index (χ3v) is 5.22. The van der Waals surface area contributed by atoms with E-state index >= 15 is 0 Å². The normalized spacial score (nSPS) is 14.2. The summed E-state index contributed by atoms with van der Waals surface area (Å²) in [6.07, 6.45) is 4.17. The van der Waals surface area contributed by atoms with Gasteiger partial charge in [0.15, 0.2) is 0 Å². The van der Waals surface area contributed by atoms with Gasteiger partial charge in [0, 0.05) is 43.9 Å². The van der Waals surface area contributed by atoms with Crippen molar-refractivity contribution in [3.63, 3.8) is 0 Å².